The van der Waals surface area contributed by atoms with E-state index < -0.39 is 29.8 Å². The van der Waals surface area contributed by atoms with Crippen molar-refractivity contribution in [1.29, 1.82) is 0 Å². The number of halogens is 3. The molecule has 0 radical (unpaired) electrons. The van der Waals surface area contributed by atoms with E-state index in [1.54, 1.807) is 6.92 Å². The summed E-state index contributed by atoms with van der Waals surface area (Å²) in [6, 6.07) is 12.4. The number of hydrogen-bond donors (Lipinski definition) is 2. The Bertz CT molecular complexity index is 943. The van der Waals surface area contributed by atoms with Gasteiger partial charge in [-0.3, -0.25) is 0 Å². The van der Waals surface area contributed by atoms with Gasteiger partial charge >= 0.3 is 18.2 Å². The molecule has 1 amide bonds. The summed E-state index contributed by atoms with van der Waals surface area (Å²) in [5, 5.41) is 5.49. The molecule has 0 fully saturated rings. The lowest BCUT2D eigenvalue weighted by Crippen LogP contribution is -2.34. The van der Waals surface area contributed by atoms with Gasteiger partial charge in [0.25, 0.3) is 0 Å². The molecule has 0 heterocycles. The molecule has 1 atom stereocenters. The number of benzene rings is 2. The number of carbonyl (C=O) groups is 2. The molecule has 9 heteroatoms. The number of rotatable bonds is 7. The summed E-state index contributed by atoms with van der Waals surface area (Å²) in [5.74, 6) is -0.808. The molecule has 0 aliphatic carbocycles. The van der Waals surface area contributed by atoms with E-state index in [1.807, 2.05) is 30.3 Å². The van der Waals surface area contributed by atoms with Gasteiger partial charge in [0.15, 0.2) is 0 Å². The third-order valence-electron chi connectivity index (χ3n) is 4.49. The van der Waals surface area contributed by atoms with Gasteiger partial charge < -0.3 is 20.1 Å². The molecule has 0 saturated carbocycles. The van der Waals surface area contributed by atoms with E-state index in [1.165, 1.54) is 12.1 Å². The molecule has 31 heavy (non-hydrogen) atoms. The van der Waals surface area contributed by atoms with E-state index in [-0.39, 0.29) is 11.1 Å². The minimum Gasteiger partial charge on any atom is -0.466 e. The first-order valence-electron chi connectivity index (χ1n) is 9.26. The average molecular weight is 436 g/mol. The van der Waals surface area contributed by atoms with Crippen molar-refractivity contribution in [1.82, 2.24) is 10.6 Å². The average Bonchev–Trinajstić information content (AvgIpc) is 2.77. The fourth-order valence-corrected chi connectivity index (χ4v) is 2.92. The van der Waals surface area contributed by atoms with E-state index in [0.717, 1.165) is 31.9 Å². The molecule has 0 spiro atoms. The fraction of sp³-hybridized carbons (Fsp3) is 0.273. The van der Waals surface area contributed by atoms with Crippen molar-refractivity contribution in [2.75, 3.05) is 14.2 Å². The summed E-state index contributed by atoms with van der Waals surface area (Å²) in [5.41, 5.74) is 0.322. The third kappa shape index (κ3) is 6.50. The molecule has 6 nitrogen and oxygen atoms in total. The van der Waals surface area contributed by atoms with Crippen molar-refractivity contribution >= 4 is 12.1 Å². The highest BCUT2D eigenvalue weighted by Crippen LogP contribution is 2.33. The van der Waals surface area contributed by atoms with Crippen LogP contribution >= 0.6 is 0 Å². The first-order chi connectivity index (χ1) is 14.7. The van der Waals surface area contributed by atoms with Crippen molar-refractivity contribution in [2.24, 2.45) is 0 Å². The van der Waals surface area contributed by atoms with Crippen molar-refractivity contribution in [2.45, 2.75) is 25.7 Å². The zero-order valence-electron chi connectivity index (χ0n) is 17.2. The van der Waals surface area contributed by atoms with Crippen LogP contribution in [0.5, 0.6) is 0 Å². The Balaban J connectivity index is 2.52. The summed E-state index contributed by atoms with van der Waals surface area (Å²) in [6.45, 7) is 1.93. The van der Waals surface area contributed by atoms with Crippen LogP contribution in [-0.4, -0.2) is 26.3 Å². The highest BCUT2D eigenvalue weighted by Gasteiger charge is 2.33. The van der Waals surface area contributed by atoms with Crippen LogP contribution in [0.25, 0.3) is 0 Å². The minimum absolute atomic E-state index is 0.0430. The Morgan fingerprint density at radius 2 is 1.68 bits per heavy atom. The summed E-state index contributed by atoms with van der Waals surface area (Å²) < 4.78 is 49.1. The molecule has 0 aromatic heterocycles. The highest BCUT2D eigenvalue weighted by molar-refractivity contribution is 5.91. The largest absolute Gasteiger partial charge is 0.466 e. The number of alkyl carbamates (subject to hydrolysis) is 1. The van der Waals surface area contributed by atoms with Crippen LogP contribution in [0.2, 0.25) is 0 Å². The van der Waals surface area contributed by atoms with Gasteiger partial charge in [0.2, 0.25) is 0 Å². The molecule has 0 aliphatic rings. The Morgan fingerprint density at radius 3 is 2.26 bits per heavy atom. The fourth-order valence-electron chi connectivity index (χ4n) is 2.92. The number of hydrogen-bond acceptors (Lipinski definition) is 5. The summed E-state index contributed by atoms with van der Waals surface area (Å²) in [4.78, 5) is 24.5. The lowest BCUT2D eigenvalue weighted by atomic mass is 9.95. The molecule has 2 rings (SSSR count). The van der Waals surface area contributed by atoms with Crippen LogP contribution in [0.4, 0.5) is 18.0 Å². The smallest absolute Gasteiger partial charge is 0.416 e. The molecule has 2 aromatic rings. The maximum absolute atomic E-state index is 13.2. The van der Waals surface area contributed by atoms with Crippen LogP contribution in [0.15, 0.2) is 65.9 Å². The molecule has 2 N–H and O–H groups in total. The lowest BCUT2D eigenvalue weighted by Gasteiger charge is -2.24. The van der Waals surface area contributed by atoms with Crippen molar-refractivity contribution in [3.05, 3.63) is 82.6 Å². The number of nitrogens with one attached hydrogen (secondary N) is 2. The number of ether oxygens (including phenoxy) is 2. The van der Waals surface area contributed by atoms with Gasteiger partial charge in [-0.15, -0.1) is 0 Å². The molecule has 166 valence electrons. The zero-order valence-corrected chi connectivity index (χ0v) is 17.2. The molecule has 0 saturated heterocycles. The number of methoxy groups -OCH3 is 2. The van der Waals surface area contributed by atoms with Crippen LogP contribution in [0.1, 0.15) is 29.7 Å². The molecule has 0 aliphatic heterocycles. The predicted octanol–water partition coefficient (Wildman–Crippen LogP) is 4.34. The minimum atomic E-state index is -4.60. The highest BCUT2D eigenvalue weighted by atomic mass is 19.4. The second-order valence-corrected chi connectivity index (χ2v) is 6.56. The Kier molecular flexibility index (Phi) is 8.07. The maximum atomic E-state index is 13.2. The molecule has 0 bridgehead atoms. The first-order valence-corrected chi connectivity index (χ1v) is 9.26. The number of esters is 1. The normalized spacial score (nSPS) is 13.0. The van der Waals surface area contributed by atoms with E-state index >= 15 is 0 Å². The van der Waals surface area contributed by atoms with Gasteiger partial charge in [0, 0.05) is 12.2 Å². The third-order valence-corrected chi connectivity index (χ3v) is 4.49. The van der Waals surface area contributed by atoms with Gasteiger partial charge in [-0.05, 0) is 30.2 Å². The van der Waals surface area contributed by atoms with E-state index in [9.17, 15) is 22.8 Å². The number of carbonyl (C=O) groups excluding carboxylic acids is 2. The molecular weight excluding hydrogens is 413 g/mol. The van der Waals surface area contributed by atoms with Gasteiger partial charge in [-0.25, -0.2) is 9.59 Å². The topological polar surface area (TPSA) is 76.7 Å². The number of alkyl halides is 3. The predicted molar refractivity (Wildman–Crippen MR) is 108 cm³/mol. The Labute approximate surface area is 178 Å². The SMILES string of the molecule is COC(=O)N[C@H](/C(C(=O)OC)=C(\C)NCc1ccccc1)c1cccc(C(F)(F)F)c1. The maximum Gasteiger partial charge on any atom is 0.416 e. The standard InChI is InChI=1S/C22H23F3N2O4/c1-14(26-13-15-8-5-4-6-9-15)18(20(28)30-2)19(27-21(29)31-3)16-10-7-11-17(12-16)22(23,24)25/h4-12,19,26H,13H2,1-3H3,(H,27,29)/b18-14-/t19-/m0/s1. The van der Waals surface area contributed by atoms with Gasteiger partial charge in [0.1, 0.15) is 0 Å². The molecule has 2 aromatic carbocycles. The zero-order chi connectivity index (χ0) is 23.0. The first kappa shape index (κ1) is 23.8. The molecular formula is C22H23F3N2O4. The monoisotopic (exact) mass is 436 g/mol. The van der Waals surface area contributed by atoms with E-state index in [2.05, 4.69) is 15.4 Å². The van der Waals surface area contributed by atoms with Crippen molar-refractivity contribution in [3.63, 3.8) is 0 Å². The summed E-state index contributed by atoms with van der Waals surface area (Å²) in [6.07, 6.45) is -5.51. The quantitative estimate of drug-likeness (QED) is 0.499. The lowest BCUT2D eigenvalue weighted by molar-refractivity contribution is -0.137. The van der Waals surface area contributed by atoms with E-state index in [0.29, 0.717) is 12.2 Å². The van der Waals surface area contributed by atoms with Crippen molar-refractivity contribution in [3.8, 4) is 0 Å². The van der Waals surface area contributed by atoms with Crippen LogP contribution in [0.3, 0.4) is 0 Å². The van der Waals surface area contributed by atoms with Crippen LogP contribution in [-0.2, 0) is 27.0 Å². The van der Waals surface area contributed by atoms with Gasteiger partial charge in [-0.1, -0.05) is 42.5 Å². The van der Waals surface area contributed by atoms with Crippen LogP contribution in [0, 0.1) is 0 Å². The van der Waals surface area contributed by atoms with Gasteiger partial charge in [0.05, 0.1) is 31.4 Å². The summed E-state index contributed by atoms with van der Waals surface area (Å²) in [7, 11) is 2.26. The van der Waals surface area contributed by atoms with E-state index in [4.69, 9.17) is 4.74 Å². The second-order valence-electron chi connectivity index (χ2n) is 6.56. The Morgan fingerprint density at radius 1 is 1.00 bits per heavy atom. The van der Waals surface area contributed by atoms with Crippen molar-refractivity contribution < 1.29 is 32.2 Å². The Hall–Kier alpha value is -3.49. The number of amides is 1. The van der Waals surface area contributed by atoms with Crippen LogP contribution < -0.4 is 10.6 Å². The van der Waals surface area contributed by atoms with Gasteiger partial charge in [-0.2, -0.15) is 13.2 Å². The second kappa shape index (κ2) is 10.5. The molecule has 0 unspecified atom stereocenters. The number of allylic oxidation sites excluding steroid dienone is 1. The summed E-state index contributed by atoms with van der Waals surface area (Å²) >= 11 is 0.